The molecule has 18 heavy (non-hydrogen) atoms. The highest BCUT2D eigenvalue weighted by molar-refractivity contribution is 5.79. The molecule has 0 bridgehead atoms. The van der Waals surface area contributed by atoms with Crippen LogP contribution < -0.4 is 16.2 Å². The van der Waals surface area contributed by atoms with E-state index in [0.29, 0.717) is 6.42 Å². The number of rotatable bonds is 4. The van der Waals surface area contributed by atoms with Crippen molar-refractivity contribution in [3.05, 3.63) is 41.6 Å². The molecule has 1 fully saturated rings. The zero-order valence-electron chi connectivity index (χ0n) is 10.8. The lowest BCUT2D eigenvalue weighted by Crippen LogP contribution is -2.35. The molecule has 1 heterocycles. The molecule has 1 saturated heterocycles. The van der Waals surface area contributed by atoms with E-state index in [0.717, 1.165) is 17.8 Å². The number of carbonyl (C=O) groups is 1. The number of hydrazine groups is 1. The molecule has 3 N–H and O–H groups in total. The number of carbonyl (C=O) groups excluding carboxylic acids is 1. The molecule has 1 unspecified atom stereocenters. The van der Waals surface area contributed by atoms with E-state index in [-0.39, 0.29) is 11.9 Å². The lowest BCUT2D eigenvalue weighted by molar-refractivity contribution is -0.119. The lowest BCUT2D eigenvalue weighted by Gasteiger charge is -2.17. The summed E-state index contributed by atoms with van der Waals surface area (Å²) >= 11 is 0. The van der Waals surface area contributed by atoms with E-state index < -0.39 is 0 Å². The minimum atomic E-state index is 0.0246. The van der Waals surface area contributed by atoms with Crippen LogP contribution in [0.4, 0.5) is 5.69 Å². The molecule has 1 aromatic carbocycles. The molecule has 4 nitrogen and oxygen atoms in total. The Balaban J connectivity index is 1.89. The van der Waals surface area contributed by atoms with Crippen LogP contribution in [0.1, 0.15) is 24.0 Å². The molecule has 1 aliphatic heterocycles. The number of hydrogen-bond donors (Lipinski definition) is 3. The largest absolute Gasteiger partial charge is 0.348 e. The second-order valence-electron chi connectivity index (χ2n) is 4.73. The van der Waals surface area contributed by atoms with E-state index in [1.165, 1.54) is 11.1 Å². The van der Waals surface area contributed by atoms with Crippen LogP contribution in [0.5, 0.6) is 0 Å². The number of anilines is 1. The van der Waals surface area contributed by atoms with Gasteiger partial charge in [0.15, 0.2) is 0 Å². The highest BCUT2D eigenvalue weighted by atomic mass is 16.1. The van der Waals surface area contributed by atoms with Gasteiger partial charge in [-0.1, -0.05) is 12.6 Å². The minimum absolute atomic E-state index is 0.0246. The van der Waals surface area contributed by atoms with Crippen molar-refractivity contribution in [2.24, 2.45) is 0 Å². The summed E-state index contributed by atoms with van der Waals surface area (Å²) in [6, 6.07) is 6.18. The Morgan fingerprint density at radius 1 is 1.39 bits per heavy atom. The Labute approximate surface area is 107 Å². The van der Waals surface area contributed by atoms with Crippen molar-refractivity contribution < 1.29 is 4.79 Å². The molecule has 0 radical (unpaired) electrons. The Morgan fingerprint density at radius 2 is 2.17 bits per heavy atom. The van der Waals surface area contributed by atoms with E-state index in [4.69, 9.17) is 0 Å². The van der Waals surface area contributed by atoms with Gasteiger partial charge in [-0.15, -0.1) is 0 Å². The van der Waals surface area contributed by atoms with Gasteiger partial charge in [0, 0.05) is 12.1 Å². The molecule has 0 aliphatic carbocycles. The van der Waals surface area contributed by atoms with E-state index in [1.807, 2.05) is 6.07 Å². The third-order valence-electron chi connectivity index (χ3n) is 3.29. The Kier molecular flexibility index (Phi) is 3.55. The van der Waals surface area contributed by atoms with E-state index in [2.05, 4.69) is 48.7 Å². The van der Waals surface area contributed by atoms with Crippen LogP contribution >= 0.6 is 0 Å². The molecule has 0 saturated carbocycles. The zero-order chi connectivity index (χ0) is 13.1. The normalized spacial score (nSPS) is 18.3. The van der Waals surface area contributed by atoms with Crippen LogP contribution in [0.2, 0.25) is 0 Å². The zero-order valence-corrected chi connectivity index (χ0v) is 10.8. The van der Waals surface area contributed by atoms with Gasteiger partial charge in [-0.3, -0.25) is 4.79 Å². The van der Waals surface area contributed by atoms with Crippen LogP contribution in [-0.2, 0) is 4.79 Å². The van der Waals surface area contributed by atoms with Crippen molar-refractivity contribution in [2.45, 2.75) is 32.7 Å². The fourth-order valence-electron chi connectivity index (χ4n) is 1.93. The predicted molar refractivity (Wildman–Crippen MR) is 73.0 cm³/mol. The maximum Gasteiger partial charge on any atom is 0.220 e. The first kappa shape index (κ1) is 12.5. The van der Waals surface area contributed by atoms with Gasteiger partial charge in [0.2, 0.25) is 5.91 Å². The smallest absolute Gasteiger partial charge is 0.220 e. The molecule has 1 aliphatic rings. The van der Waals surface area contributed by atoms with Gasteiger partial charge in [0.25, 0.3) is 0 Å². The molecule has 2 rings (SSSR count). The lowest BCUT2D eigenvalue weighted by atomic mass is 10.1. The Morgan fingerprint density at radius 3 is 2.78 bits per heavy atom. The maximum atomic E-state index is 11.1. The minimum Gasteiger partial charge on any atom is -0.348 e. The van der Waals surface area contributed by atoms with Gasteiger partial charge in [0.05, 0.1) is 11.7 Å². The maximum absolute atomic E-state index is 11.1. The topological polar surface area (TPSA) is 53.2 Å². The molecule has 4 heteroatoms. The summed E-state index contributed by atoms with van der Waals surface area (Å²) in [4.78, 5) is 11.1. The van der Waals surface area contributed by atoms with Crippen molar-refractivity contribution >= 4 is 11.6 Å². The molecule has 1 aromatic rings. The van der Waals surface area contributed by atoms with Crippen molar-refractivity contribution in [2.75, 3.05) is 5.43 Å². The van der Waals surface area contributed by atoms with Crippen molar-refractivity contribution in [3.63, 3.8) is 0 Å². The summed E-state index contributed by atoms with van der Waals surface area (Å²) in [7, 11) is 0. The third kappa shape index (κ3) is 2.83. The number of benzene rings is 1. The summed E-state index contributed by atoms with van der Waals surface area (Å²) in [6.45, 7) is 8.10. The molecular formula is C14H19N3O. The van der Waals surface area contributed by atoms with Gasteiger partial charge in [-0.2, -0.15) is 0 Å². The van der Waals surface area contributed by atoms with Crippen LogP contribution in [0.25, 0.3) is 0 Å². The number of aryl methyl sites for hydroxylation is 2. The van der Waals surface area contributed by atoms with Gasteiger partial charge >= 0.3 is 0 Å². The first-order chi connectivity index (χ1) is 8.56. The highest BCUT2D eigenvalue weighted by Gasteiger charge is 2.22. The molecule has 96 valence electrons. The van der Waals surface area contributed by atoms with Crippen molar-refractivity contribution in [3.8, 4) is 0 Å². The summed E-state index contributed by atoms with van der Waals surface area (Å²) in [5.74, 6) is 0.0918. The molecular weight excluding hydrogens is 226 g/mol. The van der Waals surface area contributed by atoms with E-state index in [1.54, 1.807) is 0 Å². The number of hydrogen-bond acceptors (Lipinski definition) is 3. The standard InChI is InChI=1S/C14H19N3O/c1-9-4-5-12(8-10(9)2)17-16-11(3)13-6-7-14(18)15-13/h4-5,8,13,16-17H,3,6-7H2,1-2H3,(H,15,18). The predicted octanol–water partition coefficient (Wildman–Crippen LogP) is 2.01. The van der Waals surface area contributed by atoms with Gasteiger partial charge in [0.1, 0.15) is 0 Å². The van der Waals surface area contributed by atoms with Gasteiger partial charge < -0.3 is 16.2 Å². The molecule has 1 amide bonds. The third-order valence-corrected chi connectivity index (χ3v) is 3.29. The van der Waals surface area contributed by atoms with Crippen molar-refractivity contribution in [1.29, 1.82) is 0 Å². The summed E-state index contributed by atoms with van der Waals surface area (Å²) in [5, 5.41) is 2.87. The van der Waals surface area contributed by atoms with Gasteiger partial charge in [-0.25, -0.2) is 0 Å². The first-order valence-electron chi connectivity index (χ1n) is 6.13. The van der Waals surface area contributed by atoms with Gasteiger partial charge in [-0.05, 0) is 43.5 Å². The summed E-state index contributed by atoms with van der Waals surface area (Å²) in [5.41, 5.74) is 10.4. The SMILES string of the molecule is C=C(NNc1ccc(C)c(C)c1)C1CCC(=O)N1. The number of amides is 1. The van der Waals surface area contributed by atoms with Crippen LogP contribution in [0.15, 0.2) is 30.5 Å². The second-order valence-corrected chi connectivity index (χ2v) is 4.73. The van der Waals surface area contributed by atoms with E-state index in [9.17, 15) is 4.79 Å². The average Bonchev–Trinajstić information content (AvgIpc) is 2.77. The highest BCUT2D eigenvalue weighted by Crippen LogP contribution is 2.15. The quantitative estimate of drug-likeness (QED) is 0.711. The molecule has 0 spiro atoms. The molecule has 0 aromatic heterocycles. The Hall–Kier alpha value is -1.97. The monoisotopic (exact) mass is 245 g/mol. The summed E-state index contributed by atoms with van der Waals surface area (Å²) < 4.78 is 0. The fraction of sp³-hybridized carbons (Fsp3) is 0.357. The van der Waals surface area contributed by atoms with Crippen molar-refractivity contribution in [1.82, 2.24) is 10.7 Å². The number of nitrogens with one attached hydrogen (secondary N) is 3. The molecule has 1 atom stereocenters. The average molecular weight is 245 g/mol. The van der Waals surface area contributed by atoms with E-state index >= 15 is 0 Å². The van der Waals surface area contributed by atoms with Crippen LogP contribution in [0, 0.1) is 13.8 Å². The Bertz CT molecular complexity index is 482. The van der Waals surface area contributed by atoms with Crippen LogP contribution in [0.3, 0.4) is 0 Å². The second kappa shape index (κ2) is 5.12. The first-order valence-corrected chi connectivity index (χ1v) is 6.13. The fourth-order valence-corrected chi connectivity index (χ4v) is 1.93. The van der Waals surface area contributed by atoms with Crippen LogP contribution in [-0.4, -0.2) is 11.9 Å². The summed E-state index contributed by atoms with van der Waals surface area (Å²) in [6.07, 6.45) is 1.38.